The molecule has 0 atom stereocenters. The molecule has 0 bridgehead atoms. The number of halogens is 2. The van der Waals surface area contributed by atoms with E-state index in [1.54, 1.807) is 24.3 Å². The van der Waals surface area contributed by atoms with Gasteiger partial charge in [-0.3, -0.25) is 4.79 Å². The molecule has 7 heteroatoms. The number of piperidine rings is 1. The maximum absolute atomic E-state index is 12.7. The molecular formula is C18H20Cl2N4O. The molecule has 25 heavy (non-hydrogen) atoms. The minimum Gasteiger partial charge on any atom is -0.337 e. The van der Waals surface area contributed by atoms with Crippen molar-refractivity contribution in [2.24, 2.45) is 5.92 Å². The van der Waals surface area contributed by atoms with Gasteiger partial charge in [-0.2, -0.15) is 0 Å². The Morgan fingerprint density at radius 1 is 1.16 bits per heavy atom. The minimum absolute atomic E-state index is 0.0467. The van der Waals surface area contributed by atoms with Crippen LogP contribution in [-0.2, 0) is 0 Å². The molecule has 2 heterocycles. The second kappa shape index (κ2) is 7.58. The third-order valence-corrected chi connectivity index (χ3v) is 5.06. The molecule has 1 N–H and O–H groups in total. The van der Waals surface area contributed by atoms with Gasteiger partial charge in [-0.1, -0.05) is 30.1 Å². The first-order chi connectivity index (χ1) is 11.9. The monoisotopic (exact) mass is 378 g/mol. The Bertz CT molecular complexity index is 789. The Hall–Kier alpha value is -1.85. The predicted molar refractivity (Wildman–Crippen MR) is 101 cm³/mol. The van der Waals surface area contributed by atoms with Crippen molar-refractivity contribution in [3.8, 4) is 0 Å². The Kier molecular flexibility index (Phi) is 5.45. The summed E-state index contributed by atoms with van der Waals surface area (Å²) >= 11 is 12.0. The third-order valence-electron chi connectivity index (χ3n) is 4.32. The Morgan fingerprint density at radius 2 is 1.88 bits per heavy atom. The molecule has 0 unspecified atom stereocenters. The molecule has 5 nitrogen and oxygen atoms in total. The second-order valence-electron chi connectivity index (χ2n) is 6.45. The van der Waals surface area contributed by atoms with E-state index in [1.807, 2.05) is 11.8 Å². The summed E-state index contributed by atoms with van der Waals surface area (Å²) in [4.78, 5) is 23.3. The average Bonchev–Trinajstić information content (AvgIpc) is 2.58. The van der Waals surface area contributed by atoms with E-state index < -0.39 is 0 Å². The Balaban J connectivity index is 1.80. The second-order valence-corrected chi connectivity index (χ2v) is 7.26. The van der Waals surface area contributed by atoms with E-state index in [9.17, 15) is 4.79 Å². The van der Waals surface area contributed by atoms with Crippen molar-refractivity contribution in [3.63, 3.8) is 0 Å². The van der Waals surface area contributed by atoms with E-state index in [-0.39, 0.29) is 5.91 Å². The summed E-state index contributed by atoms with van der Waals surface area (Å²) < 4.78 is 0. The van der Waals surface area contributed by atoms with E-state index in [2.05, 4.69) is 22.2 Å². The number of amides is 1. The van der Waals surface area contributed by atoms with Crippen molar-refractivity contribution in [1.29, 1.82) is 0 Å². The first-order valence-corrected chi connectivity index (χ1v) is 9.05. The minimum atomic E-state index is -0.0467. The first kappa shape index (κ1) is 18.0. The molecule has 1 aromatic carbocycles. The van der Waals surface area contributed by atoms with Gasteiger partial charge in [0.1, 0.15) is 5.69 Å². The van der Waals surface area contributed by atoms with Crippen LogP contribution < -0.4 is 5.32 Å². The van der Waals surface area contributed by atoms with Crippen molar-refractivity contribution in [3.05, 3.63) is 45.7 Å². The molecule has 1 aliphatic heterocycles. The fourth-order valence-corrected chi connectivity index (χ4v) is 3.11. The van der Waals surface area contributed by atoms with E-state index in [0.717, 1.165) is 31.6 Å². The van der Waals surface area contributed by atoms with Gasteiger partial charge in [0, 0.05) is 24.5 Å². The summed E-state index contributed by atoms with van der Waals surface area (Å²) in [6.45, 7) is 5.61. The zero-order valence-corrected chi connectivity index (χ0v) is 15.7. The number of aromatic nitrogens is 2. The smallest absolute Gasteiger partial charge is 0.272 e. The molecule has 0 aliphatic carbocycles. The number of carbonyl (C=O) groups is 1. The van der Waals surface area contributed by atoms with Gasteiger partial charge in [0.2, 0.25) is 5.95 Å². The normalized spacial score (nSPS) is 15.3. The topological polar surface area (TPSA) is 58.1 Å². The maximum Gasteiger partial charge on any atom is 0.272 e. The molecule has 3 rings (SSSR count). The highest BCUT2D eigenvalue weighted by molar-refractivity contribution is 6.42. The molecule has 0 saturated carbocycles. The number of rotatable bonds is 3. The predicted octanol–water partition coefficient (Wildman–Crippen LogP) is 4.71. The van der Waals surface area contributed by atoms with E-state index >= 15 is 0 Å². The number of hydrogen-bond donors (Lipinski definition) is 1. The van der Waals surface area contributed by atoms with Crippen molar-refractivity contribution in [1.82, 2.24) is 14.9 Å². The van der Waals surface area contributed by atoms with E-state index in [0.29, 0.717) is 33.3 Å². The number of nitrogens with zero attached hydrogens (tertiary/aromatic N) is 3. The van der Waals surface area contributed by atoms with Crippen LogP contribution in [0.3, 0.4) is 0 Å². The fourth-order valence-electron chi connectivity index (χ4n) is 2.81. The van der Waals surface area contributed by atoms with Gasteiger partial charge >= 0.3 is 0 Å². The molecule has 1 aromatic heterocycles. The van der Waals surface area contributed by atoms with Gasteiger partial charge in [0.05, 0.1) is 10.0 Å². The summed E-state index contributed by atoms with van der Waals surface area (Å²) in [5, 5.41) is 4.00. The van der Waals surface area contributed by atoms with Crippen LogP contribution in [-0.4, -0.2) is 33.9 Å². The molecular weight excluding hydrogens is 359 g/mol. The fraction of sp³-hybridized carbons (Fsp3) is 0.389. The van der Waals surface area contributed by atoms with Crippen LogP contribution in [0.5, 0.6) is 0 Å². The summed E-state index contributed by atoms with van der Waals surface area (Å²) in [6.07, 6.45) is 2.06. The number of benzene rings is 1. The van der Waals surface area contributed by atoms with Gasteiger partial charge < -0.3 is 10.2 Å². The lowest BCUT2D eigenvalue weighted by Crippen LogP contribution is -2.38. The maximum atomic E-state index is 12.7. The standard InChI is InChI=1S/C18H20Cl2N4O/c1-11-5-7-24(8-6-11)17(25)16-9-12(2)21-18(23-16)22-13-3-4-14(19)15(20)10-13/h3-4,9-11H,5-8H2,1-2H3,(H,21,22,23). The van der Waals surface area contributed by atoms with Crippen LogP contribution in [0.4, 0.5) is 11.6 Å². The van der Waals surface area contributed by atoms with Gasteiger partial charge in [-0.25, -0.2) is 9.97 Å². The van der Waals surface area contributed by atoms with Gasteiger partial charge in [-0.05, 0) is 49.9 Å². The van der Waals surface area contributed by atoms with E-state index in [4.69, 9.17) is 23.2 Å². The molecule has 1 fully saturated rings. The molecule has 1 saturated heterocycles. The van der Waals surface area contributed by atoms with Crippen LogP contribution in [0.1, 0.15) is 35.9 Å². The van der Waals surface area contributed by atoms with Crippen LogP contribution in [0.25, 0.3) is 0 Å². The summed E-state index contributed by atoms with van der Waals surface area (Å²) in [5.74, 6) is 0.991. The zero-order chi connectivity index (χ0) is 18.0. The largest absolute Gasteiger partial charge is 0.337 e. The highest BCUT2D eigenvalue weighted by Crippen LogP contribution is 2.26. The lowest BCUT2D eigenvalue weighted by molar-refractivity contribution is 0.0691. The van der Waals surface area contributed by atoms with Crippen molar-refractivity contribution in [2.45, 2.75) is 26.7 Å². The third kappa shape index (κ3) is 4.41. The molecule has 0 radical (unpaired) electrons. The highest BCUT2D eigenvalue weighted by Gasteiger charge is 2.23. The lowest BCUT2D eigenvalue weighted by atomic mass is 9.99. The molecule has 1 amide bonds. The Labute approximate surface area is 157 Å². The molecule has 132 valence electrons. The number of anilines is 2. The van der Waals surface area contributed by atoms with Gasteiger partial charge in [-0.15, -0.1) is 0 Å². The summed E-state index contributed by atoms with van der Waals surface area (Å²) in [5.41, 5.74) is 1.85. The highest BCUT2D eigenvalue weighted by atomic mass is 35.5. The van der Waals surface area contributed by atoms with Gasteiger partial charge in [0.25, 0.3) is 5.91 Å². The lowest BCUT2D eigenvalue weighted by Gasteiger charge is -2.30. The quantitative estimate of drug-likeness (QED) is 0.839. The molecule has 2 aromatic rings. The number of carbonyl (C=O) groups excluding carboxylic acids is 1. The van der Waals surface area contributed by atoms with Crippen LogP contribution in [0.2, 0.25) is 10.0 Å². The first-order valence-electron chi connectivity index (χ1n) is 8.29. The van der Waals surface area contributed by atoms with E-state index in [1.165, 1.54) is 0 Å². The number of likely N-dealkylation sites (tertiary alicyclic amines) is 1. The van der Waals surface area contributed by atoms with Crippen molar-refractivity contribution in [2.75, 3.05) is 18.4 Å². The van der Waals surface area contributed by atoms with Crippen LogP contribution in [0, 0.1) is 12.8 Å². The zero-order valence-electron chi connectivity index (χ0n) is 14.2. The number of aryl methyl sites for hydroxylation is 1. The molecule has 1 aliphatic rings. The van der Waals surface area contributed by atoms with Crippen molar-refractivity contribution < 1.29 is 4.79 Å². The Morgan fingerprint density at radius 3 is 2.56 bits per heavy atom. The summed E-state index contributed by atoms with van der Waals surface area (Å²) in [6, 6.07) is 6.90. The van der Waals surface area contributed by atoms with Crippen molar-refractivity contribution >= 4 is 40.7 Å². The van der Waals surface area contributed by atoms with Gasteiger partial charge in [0.15, 0.2) is 0 Å². The number of hydrogen-bond acceptors (Lipinski definition) is 4. The van der Waals surface area contributed by atoms with Crippen LogP contribution >= 0.6 is 23.2 Å². The molecule has 0 spiro atoms. The van der Waals surface area contributed by atoms with Crippen LogP contribution in [0.15, 0.2) is 24.3 Å². The number of nitrogens with one attached hydrogen (secondary N) is 1. The SMILES string of the molecule is Cc1cc(C(=O)N2CCC(C)CC2)nc(Nc2ccc(Cl)c(Cl)c2)n1. The summed E-state index contributed by atoms with van der Waals surface area (Å²) in [7, 11) is 0. The average molecular weight is 379 g/mol.